The topological polar surface area (TPSA) is 30.5 Å². The number of benzene rings is 1. The highest BCUT2D eigenvalue weighted by Crippen LogP contribution is 2.22. The largest absolute Gasteiger partial charge is 0.488 e. The van der Waals surface area contributed by atoms with Crippen molar-refractivity contribution in [1.29, 1.82) is 0 Å². The van der Waals surface area contributed by atoms with Crippen LogP contribution in [0.2, 0.25) is 0 Å². The van der Waals surface area contributed by atoms with E-state index >= 15 is 0 Å². The quantitative estimate of drug-likeness (QED) is 0.854. The Morgan fingerprint density at radius 1 is 1.24 bits per heavy atom. The highest BCUT2D eigenvalue weighted by Gasteiger charge is 2.16. The molecule has 1 heterocycles. The molecule has 1 aromatic carbocycles. The molecule has 94 valence electrons. The van der Waals surface area contributed by atoms with Crippen molar-refractivity contribution >= 4 is 0 Å². The molecule has 0 bridgehead atoms. The molecule has 3 nitrogen and oxygen atoms in total. The summed E-state index contributed by atoms with van der Waals surface area (Å²) < 4.78 is 11.2. The third-order valence-electron chi connectivity index (χ3n) is 2.63. The van der Waals surface area contributed by atoms with E-state index in [1.165, 1.54) is 5.56 Å². The Balaban J connectivity index is 2.02. The third kappa shape index (κ3) is 3.72. The highest BCUT2D eigenvalue weighted by atomic mass is 16.5. The lowest BCUT2D eigenvalue weighted by molar-refractivity contribution is 0.0768. The lowest BCUT2D eigenvalue weighted by Crippen LogP contribution is -2.34. The SMILES string of the molecule is CC(C)(C)Oc1ccc(C2COCCN2)cc1. The van der Waals surface area contributed by atoms with Crippen molar-refractivity contribution in [2.75, 3.05) is 19.8 Å². The lowest BCUT2D eigenvalue weighted by Gasteiger charge is -2.25. The van der Waals surface area contributed by atoms with Crippen LogP contribution in [0.15, 0.2) is 24.3 Å². The van der Waals surface area contributed by atoms with Gasteiger partial charge >= 0.3 is 0 Å². The monoisotopic (exact) mass is 235 g/mol. The Labute approximate surface area is 103 Å². The van der Waals surface area contributed by atoms with Crippen molar-refractivity contribution in [1.82, 2.24) is 5.32 Å². The smallest absolute Gasteiger partial charge is 0.120 e. The second-order valence-electron chi connectivity index (χ2n) is 5.37. The molecular weight excluding hydrogens is 214 g/mol. The van der Waals surface area contributed by atoms with E-state index < -0.39 is 0 Å². The van der Waals surface area contributed by atoms with Crippen LogP contribution in [-0.2, 0) is 4.74 Å². The maximum atomic E-state index is 5.79. The molecule has 1 N–H and O–H groups in total. The Bertz CT molecular complexity index is 347. The average molecular weight is 235 g/mol. The predicted octanol–water partition coefficient (Wildman–Crippen LogP) is 2.52. The first kappa shape index (κ1) is 12.4. The number of morpholine rings is 1. The van der Waals surface area contributed by atoms with E-state index in [-0.39, 0.29) is 5.60 Å². The Morgan fingerprint density at radius 3 is 2.47 bits per heavy atom. The zero-order valence-corrected chi connectivity index (χ0v) is 10.8. The molecule has 0 spiro atoms. The van der Waals surface area contributed by atoms with Crippen molar-refractivity contribution in [3.63, 3.8) is 0 Å². The summed E-state index contributed by atoms with van der Waals surface area (Å²) in [6, 6.07) is 8.57. The van der Waals surface area contributed by atoms with Gasteiger partial charge in [-0.3, -0.25) is 0 Å². The van der Waals surface area contributed by atoms with Gasteiger partial charge in [-0.25, -0.2) is 0 Å². The maximum absolute atomic E-state index is 5.79. The summed E-state index contributed by atoms with van der Waals surface area (Å²) in [5.41, 5.74) is 1.11. The average Bonchev–Trinajstić information content (AvgIpc) is 2.29. The van der Waals surface area contributed by atoms with Gasteiger partial charge in [-0.05, 0) is 38.5 Å². The Kier molecular flexibility index (Phi) is 3.69. The van der Waals surface area contributed by atoms with Crippen LogP contribution in [0.3, 0.4) is 0 Å². The zero-order valence-electron chi connectivity index (χ0n) is 10.8. The minimum atomic E-state index is -0.145. The number of ether oxygens (including phenoxy) is 2. The van der Waals surface area contributed by atoms with E-state index in [0.717, 1.165) is 25.5 Å². The standard InChI is InChI=1S/C14H21NO2/c1-14(2,3)17-12-6-4-11(5-7-12)13-10-16-9-8-15-13/h4-7,13,15H,8-10H2,1-3H3. The molecular formula is C14H21NO2. The van der Waals surface area contributed by atoms with Gasteiger partial charge in [0.25, 0.3) is 0 Å². The first-order chi connectivity index (χ1) is 8.04. The molecule has 0 aromatic heterocycles. The second-order valence-corrected chi connectivity index (χ2v) is 5.37. The summed E-state index contributed by atoms with van der Waals surface area (Å²) in [6.45, 7) is 8.64. The van der Waals surface area contributed by atoms with Gasteiger partial charge in [-0.15, -0.1) is 0 Å². The summed E-state index contributed by atoms with van der Waals surface area (Å²) in [4.78, 5) is 0. The molecule has 0 saturated carbocycles. The molecule has 0 radical (unpaired) electrons. The van der Waals surface area contributed by atoms with Crippen molar-refractivity contribution < 1.29 is 9.47 Å². The van der Waals surface area contributed by atoms with E-state index in [9.17, 15) is 0 Å². The molecule has 1 aliphatic rings. The van der Waals surface area contributed by atoms with E-state index in [1.54, 1.807) is 0 Å². The lowest BCUT2D eigenvalue weighted by atomic mass is 10.1. The highest BCUT2D eigenvalue weighted by molar-refractivity contribution is 5.29. The minimum absolute atomic E-state index is 0.145. The van der Waals surface area contributed by atoms with Crippen molar-refractivity contribution in [3.05, 3.63) is 29.8 Å². The molecule has 2 rings (SSSR count). The van der Waals surface area contributed by atoms with Crippen LogP contribution < -0.4 is 10.1 Å². The van der Waals surface area contributed by atoms with Gasteiger partial charge in [0, 0.05) is 6.54 Å². The number of nitrogens with one attached hydrogen (secondary N) is 1. The number of rotatable bonds is 2. The molecule has 0 aliphatic carbocycles. The molecule has 1 fully saturated rings. The van der Waals surface area contributed by atoms with Gasteiger partial charge in [-0.2, -0.15) is 0 Å². The molecule has 0 amide bonds. The van der Waals surface area contributed by atoms with Gasteiger partial charge in [-0.1, -0.05) is 12.1 Å². The third-order valence-corrected chi connectivity index (χ3v) is 2.63. The molecule has 1 atom stereocenters. The van der Waals surface area contributed by atoms with E-state index in [2.05, 4.69) is 38.2 Å². The molecule has 1 aliphatic heterocycles. The number of hydrogen-bond acceptors (Lipinski definition) is 3. The molecule has 1 aromatic rings. The fraction of sp³-hybridized carbons (Fsp3) is 0.571. The van der Waals surface area contributed by atoms with Crippen LogP contribution in [-0.4, -0.2) is 25.4 Å². The molecule has 17 heavy (non-hydrogen) atoms. The second kappa shape index (κ2) is 5.07. The fourth-order valence-corrected chi connectivity index (χ4v) is 1.90. The number of hydrogen-bond donors (Lipinski definition) is 1. The van der Waals surface area contributed by atoms with Gasteiger partial charge in [0.15, 0.2) is 0 Å². The van der Waals surface area contributed by atoms with Crippen molar-refractivity contribution in [2.45, 2.75) is 32.4 Å². The Morgan fingerprint density at radius 2 is 1.94 bits per heavy atom. The fourth-order valence-electron chi connectivity index (χ4n) is 1.90. The van der Waals surface area contributed by atoms with Crippen molar-refractivity contribution in [3.8, 4) is 5.75 Å². The van der Waals surface area contributed by atoms with Crippen LogP contribution in [0, 0.1) is 0 Å². The first-order valence-electron chi connectivity index (χ1n) is 6.15. The predicted molar refractivity (Wildman–Crippen MR) is 68.4 cm³/mol. The van der Waals surface area contributed by atoms with E-state index in [1.807, 2.05) is 12.1 Å². The van der Waals surface area contributed by atoms with Gasteiger partial charge in [0.2, 0.25) is 0 Å². The summed E-state index contributed by atoms with van der Waals surface area (Å²) in [7, 11) is 0. The van der Waals surface area contributed by atoms with Crippen LogP contribution in [0.25, 0.3) is 0 Å². The van der Waals surface area contributed by atoms with Crippen LogP contribution in [0.1, 0.15) is 32.4 Å². The van der Waals surface area contributed by atoms with E-state index in [4.69, 9.17) is 9.47 Å². The zero-order chi connectivity index (χ0) is 12.3. The summed E-state index contributed by atoms with van der Waals surface area (Å²) in [5, 5.41) is 3.44. The van der Waals surface area contributed by atoms with Crippen LogP contribution >= 0.6 is 0 Å². The first-order valence-corrected chi connectivity index (χ1v) is 6.15. The normalized spacial score (nSPS) is 21.2. The van der Waals surface area contributed by atoms with Gasteiger partial charge < -0.3 is 14.8 Å². The maximum Gasteiger partial charge on any atom is 0.120 e. The molecule has 3 heteroatoms. The van der Waals surface area contributed by atoms with Gasteiger partial charge in [0.1, 0.15) is 11.4 Å². The van der Waals surface area contributed by atoms with Crippen molar-refractivity contribution in [2.24, 2.45) is 0 Å². The molecule has 1 unspecified atom stereocenters. The molecule has 1 saturated heterocycles. The Hall–Kier alpha value is -1.06. The van der Waals surface area contributed by atoms with Crippen LogP contribution in [0.4, 0.5) is 0 Å². The summed E-state index contributed by atoms with van der Waals surface area (Å²) in [5.74, 6) is 0.915. The van der Waals surface area contributed by atoms with Crippen LogP contribution in [0.5, 0.6) is 5.75 Å². The van der Waals surface area contributed by atoms with Gasteiger partial charge in [0.05, 0.1) is 19.3 Å². The van der Waals surface area contributed by atoms with E-state index in [0.29, 0.717) is 6.04 Å². The summed E-state index contributed by atoms with van der Waals surface area (Å²) >= 11 is 0. The summed E-state index contributed by atoms with van der Waals surface area (Å²) in [6.07, 6.45) is 0. The minimum Gasteiger partial charge on any atom is -0.488 e.